The topological polar surface area (TPSA) is 36.4 Å². The van der Waals surface area contributed by atoms with Gasteiger partial charge in [0.2, 0.25) is 0 Å². The van der Waals surface area contributed by atoms with Crippen LogP contribution in [0.3, 0.4) is 0 Å². The van der Waals surface area contributed by atoms with Crippen molar-refractivity contribution in [3.63, 3.8) is 0 Å². The van der Waals surface area contributed by atoms with Crippen LogP contribution in [0.4, 0.5) is 5.69 Å². The number of aryl methyl sites for hydroxylation is 1. The van der Waals surface area contributed by atoms with Crippen molar-refractivity contribution >= 4 is 36.4 Å². The van der Waals surface area contributed by atoms with Gasteiger partial charge < -0.3 is 9.80 Å². The van der Waals surface area contributed by atoms with Crippen LogP contribution < -0.4 is 4.90 Å². The fraction of sp³-hybridized carbons (Fsp3) is 0.333. The van der Waals surface area contributed by atoms with Crippen LogP contribution in [0, 0.1) is 13.8 Å². The van der Waals surface area contributed by atoms with Crippen molar-refractivity contribution in [1.29, 1.82) is 0 Å². The van der Waals surface area contributed by atoms with Gasteiger partial charge in [0.05, 0.1) is 5.56 Å². The molecule has 0 unspecified atom stereocenters. The maximum absolute atomic E-state index is 12.4. The molecular weight excluding hydrogens is 345 g/mol. The molecule has 1 saturated heterocycles. The molecule has 2 aromatic rings. The number of rotatable bonds is 2. The second-order valence-corrected chi connectivity index (χ2v) is 5.74. The summed E-state index contributed by atoms with van der Waals surface area (Å²) in [6.45, 7) is 7.55. The molecule has 0 radical (unpaired) electrons. The quantitative estimate of drug-likeness (QED) is 0.814. The Morgan fingerprint density at radius 3 is 2.33 bits per heavy atom. The van der Waals surface area contributed by atoms with Crippen molar-refractivity contribution in [2.24, 2.45) is 0 Å². The monoisotopic (exact) mass is 367 g/mol. The van der Waals surface area contributed by atoms with E-state index in [1.165, 1.54) is 16.8 Å². The number of benzene rings is 1. The molecule has 0 atom stereocenters. The lowest BCUT2D eigenvalue weighted by molar-refractivity contribution is 0.0746. The molecular formula is C18H23Cl2N3O. The summed E-state index contributed by atoms with van der Waals surface area (Å²) in [7, 11) is 0. The first-order chi connectivity index (χ1) is 10.7. The number of nitrogens with zero attached hydrogens (tertiary/aromatic N) is 3. The van der Waals surface area contributed by atoms with Gasteiger partial charge in [-0.2, -0.15) is 0 Å². The molecule has 24 heavy (non-hydrogen) atoms. The predicted octanol–water partition coefficient (Wildman–Crippen LogP) is 3.50. The van der Waals surface area contributed by atoms with Crippen LogP contribution in [-0.4, -0.2) is 42.0 Å². The third kappa shape index (κ3) is 4.19. The lowest BCUT2D eigenvalue weighted by Crippen LogP contribution is -2.49. The van der Waals surface area contributed by atoms with Gasteiger partial charge in [-0.05, 0) is 43.2 Å². The normalized spacial score (nSPS) is 13.8. The molecule has 1 fully saturated rings. The van der Waals surface area contributed by atoms with Crippen molar-refractivity contribution in [2.75, 3.05) is 31.1 Å². The number of amides is 1. The van der Waals surface area contributed by atoms with E-state index in [0.29, 0.717) is 5.56 Å². The zero-order chi connectivity index (χ0) is 15.5. The van der Waals surface area contributed by atoms with E-state index in [-0.39, 0.29) is 30.7 Å². The first-order valence-electron chi connectivity index (χ1n) is 7.67. The van der Waals surface area contributed by atoms with Gasteiger partial charge in [-0.25, -0.2) is 0 Å². The van der Waals surface area contributed by atoms with Crippen LogP contribution in [-0.2, 0) is 0 Å². The number of hydrogen-bond donors (Lipinski definition) is 0. The van der Waals surface area contributed by atoms with E-state index in [1.54, 1.807) is 18.5 Å². The van der Waals surface area contributed by atoms with E-state index in [0.717, 1.165) is 26.2 Å². The Morgan fingerprint density at radius 2 is 1.71 bits per heavy atom. The van der Waals surface area contributed by atoms with Gasteiger partial charge in [-0.1, -0.05) is 12.1 Å². The third-order valence-electron chi connectivity index (χ3n) is 4.39. The van der Waals surface area contributed by atoms with Crippen molar-refractivity contribution in [1.82, 2.24) is 9.88 Å². The molecule has 1 amide bonds. The highest BCUT2D eigenvalue weighted by Crippen LogP contribution is 2.24. The SMILES string of the molecule is Cc1cccc(N2CCN(C(=O)c3cccnc3)CC2)c1C.Cl.Cl. The summed E-state index contributed by atoms with van der Waals surface area (Å²) in [5.74, 6) is 0.0775. The first kappa shape index (κ1) is 20.3. The average molecular weight is 368 g/mol. The van der Waals surface area contributed by atoms with E-state index in [4.69, 9.17) is 0 Å². The third-order valence-corrected chi connectivity index (χ3v) is 4.39. The molecule has 3 rings (SSSR count). The molecule has 1 aliphatic heterocycles. The molecule has 0 spiro atoms. The Kier molecular flexibility index (Phi) is 7.52. The number of aromatic nitrogens is 1. The standard InChI is InChI=1S/C18H21N3O.2ClH/c1-14-5-3-7-17(15(14)2)20-9-11-21(12-10-20)18(22)16-6-4-8-19-13-16;;/h3-8,13H,9-12H2,1-2H3;2*1H. The summed E-state index contributed by atoms with van der Waals surface area (Å²) >= 11 is 0. The Bertz CT molecular complexity index is 671. The van der Waals surface area contributed by atoms with E-state index >= 15 is 0 Å². The average Bonchev–Trinajstić information content (AvgIpc) is 2.58. The molecule has 6 heteroatoms. The van der Waals surface area contributed by atoms with E-state index in [1.807, 2.05) is 11.0 Å². The van der Waals surface area contributed by atoms with Crippen LogP contribution in [0.15, 0.2) is 42.7 Å². The molecule has 2 heterocycles. The van der Waals surface area contributed by atoms with Gasteiger partial charge in [-0.3, -0.25) is 9.78 Å². The molecule has 0 saturated carbocycles. The minimum absolute atomic E-state index is 0. The fourth-order valence-electron chi connectivity index (χ4n) is 2.90. The molecule has 1 aromatic carbocycles. The maximum atomic E-state index is 12.4. The van der Waals surface area contributed by atoms with Crippen LogP contribution in [0.5, 0.6) is 0 Å². The zero-order valence-corrected chi connectivity index (χ0v) is 15.6. The van der Waals surface area contributed by atoms with Crippen LogP contribution >= 0.6 is 24.8 Å². The van der Waals surface area contributed by atoms with Gasteiger partial charge in [0.15, 0.2) is 0 Å². The Hall–Kier alpha value is -1.78. The Morgan fingerprint density at radius 1 is 1.00 bits per heavy atom. The van der Waals surface area contributed by atoms with Gasteiger partial charge in [0, 0.05) is 44.3 Å². The van der Waals surface area contributed by atoms with E-state index in [9.17, 15) is 4.79 Å². The van der Waals surface area contributed by atoms with Gasteiger partial charge >= 0.3 is 0 Å². The van der Waals surface area contributed by atoms with Gasteiger partial charge in [-0.15, -0.1) is 24.8 Å². The smallest absolute Gasteiger partial charge is 0.255 e. The highest BCUT2D eigenvalue weighted by atomic mass is 35.5. The van der Waals surface area contributed by atoms with Crippen molar-refractivity contribution in [3.8, 4) is 0 Å². The predicted molar refractivity (Wildman–Crippen MR) is 103 cm³/mol. The summed E-state index contributed by atoms with van der Waals surface area (Å²) in [5.41, 5.74) is 4.59. The molecule has 1 aliphatic rings. The number of halogens is 2. The number of pyridine rings is 1. The number of anilines is 1. The number of hydrogen-bond acceptors (Lipinski definition) is 3. The van der Waals surface area contributed by atoms with E-state index in [2.05, 4.69) is 41.9 Å². The summed E-state index contributed by atoms with van der Waals surface area (Å²) in [5, 5.41) is 0. The number of carbonyl (C=O) groups excluding carboxylic acids is 1. The molecule has 0 aliphatic carbocycles. The van der Waals surface area contributed by atoms with Gasteiger partial charge in [0.25, 0.3) is 5.91 Å². The largest absolute Gasteiger partial charge is 0.368 e. The van der Waals surface area contributed by atoms with Crippen LogP contribution in [0.1, 0.15) is 21.5 Å². The Balaban J connectivity index is 0.00000144. The van der Waals surface area contributed by atoms with Crippen molar-refractivity contribution in [2.45, 2.75) is 13.8 Å². The second-order valence-electron chi connectivity index (χ2n) is 5.74. The fourth-order valence-corrected chi connectivity index (χ4v) is 2.90. The molecule has 0 N–H and O–H groups in total. The van der Waals surface area contributed by atoms with Crippen molar-refractivity contribution in [3.05, 3.63) is 59.4 Å². The van der Waals surface area contributed by atoms with Crippen LogP contribution in [0.25, 0.3) is 0 Å². The lowest BCUT2D eigenvalue weighted by atomic mass is 10.1. The van der Waals surface area contributed by atoms with E-state index < -0.39 is 0 Å². The molecule has 0 bridgehead atoms. The Labute approximate surface area is 155 Å². The highest BCUT2D eigenvalue weighted by Gasteiger charge is 2.23. The summed E-state index contributed by atoms with van der Waals surface area (Å²) in [4.78, 5) is 20.7. The van der Waals surface area contributed by atoms with Crippen LogP contribution in [0.2, 0.25) is 0 Å². The number of carbonyl (C=O) groups is 1. The lowest BCUT2D eigenvalue weighted by Gasteiger charge is -2.37. The molecule has 130 valence electrons. The summed E-state index contributed by atoms with van der Waals surface area (Å²) in [6.07, 6.45) is 3.33. The maximum Gasteiger partial charge on any atom is 0.255 e. The highest BCUT2D eigenvalue weighted by molar-refractivity contribution is 5.94. The number of piperazine rings is 1. The van der Waals surface area contributed by atoms with Crippen molar-refractivity contribution < 1.29 is 4.79 Å². The molecule has 1 aromatic heterocycles. The second kappa shape index (κ2) is 8.90. The minimum Gasteiger partial charge on any atom is -0.368 e. The zero-order valence-electron chi connectivity index (χ0n) is 13.9. The first-order valence-corrected chi connectivity index (χ1v) is 7.67. The summed E-state index contributed by atoms with van der Waals surface area (Å²) in [6, 6.07) is 10.0. The minimum atomic E-state index is 0. The molecule has 4 nitrogen and oxygen atoms in total. The summed E-state index contributed by atoms with van der Waals surface area (Å²) < 4.78 is 0. The van der Waals surface area contributed by atoms with Gasteiger partial charge in [0.1, 0.15) is 0 Å².